The number of fused-ring (bicyclic) bond motifs is 1. The highest BCUT2D eigenvalue weighted by Gasteiger charge is 2.29. The molecule has 1 atom stereocenters. The molecule has 1 heterocycles. The van der Waals surface area contributed by atoms with E-state index in [0.717, 1.165) is 29.1 Å². The van der Waals surface area contributed by atoms with Crippen molar-refractivity contribution >= 4 is 17.3 Å². The largest absolute Gasteiger partial charge is 0.371 e. The van der Waals surface area contributed by atoms with E-state index >= 15 is 0 Å². The van der Waals surface area contributed by atoms with Crippen molar-refractivity contribution in [2.45, 2.75) is 13.0 Å². The lowest BCUT2D eigenvalue weighted by atomic mass is 10.1. The van der Waals surface area contributed by atoms with Gasteiger partial charge < -0.3 is 15.5 Å². The van der Waals surface area contributed by atoms with Crippen molar-refractivity contribution in [3.05, 3.63) is 35.9 Å². The molecule has 0 saturated carbocycles. The summed E-state index contributed by atoms with van der Waals surface area (Å²) < 4.78 is 0. The summed E-state index contributed by atoms with van der Waals surface area (Å²) in [6.45, 7) is 6.72. The van der Waals surface area contributed by atoms with Crippen LogP contribution in [0.25, 0.3) is 0 Å². The fourth-order valence-electron chi connectivity index (χ4n) is 2.27. The first-order valence-electron chi connectivity index (χ1n) is 6.00. The van der Waals surface area contributed by atoms with E-state index < -0.39 is 0 Å². The standard InChI is InChI=1S/C14H19N3O/c1-9(2)8-17(4)10-5-6-11-12(7-10)16-14(18)13(11)15-3/h5-7,13,15H,1,8H2,2-4H3,(H,16,18). The third kappa shape index (κ3) is 2.24. The molecular weight excluding hydrogens is 226 g/mol. The van der Waals surface area contributed by atoms with Crippen LogP contribution in [0.3, 0.4) is 0 Å². The Bertz CT molecular complexity index is 496. The maximum atomic E-state index is 11.7. The van der Waals surface area contributed by atoms with Crippen LogP contribution in [-0.2, 0) is 4.79 Å². The molecule has 4 heteroatoms. The van der Waals surface area contributed by atoms with Crippen molar-refractivity contribution in [1.29, 1.82) is 0 Å². The summed E-state index contributed by atoms with van der Waals surface area (Å²) in [5, 5.41) is 5.91. The summed E-state index contributed by atoms with van der Waals surface area (Å²) in [6.07, 6.45) is 0. The van der Waals surface area contributed by atoms with Gasteiger partial charge in [-0.15, -0.1) is 0 Å². The molecule has 1 aromatic carbocycles. The lowest BCUT2D eigenvalue weighted by Crippen LogP contribution is -2.23. The van der Waals surface area contributed by atoms with Gasteiger partial charge in [-0.25, -0.2) is 0 Å². The van der Waals surface area contributed by atoms with E-state index in [9.17, 15) is 4.79 Å². The van der Waals surface area contributed by atoms with E-state index in [-0.39, 0.29) is 11.9 Å². The molecule has 1 aliphatic rings. The summed E-state index contributed by atoms with van der Waals surface area (Å²) in [4.78, 5) is 13.8. The van der Waals surface area contributed by atoms with Crippen LogP contribution < -0.4 is 15.5 Å². The number of nitrogens with zero attached hydrogens (tertiary/aromatic N) is 1. The molecule has 0 bridgehead atoms. The second kappa shape index (κ2) is 4.82. The smallest absolute Gasteiger partial charge is 0.246 e. The van der Waals surface area contributed by atoms with Crippen LogP contribution in [0.1, 0.15) is 18.5 Å². The minimum absolute atomic E-state index is 0.00667. The molecule has 18 heavy (non-hydrogen) atoms. The van der Waals surface area contributed by atoms with Crippen LogP contribution in [0, 0.1) is 0 Å². The maximum absolute atomic E-state index is 11.7. The fraction of sp³-hybridized carbons (Fsp3) is 0.357. The number of nitrogens with one attached hydrogen (secondary N) is 2. The minimum Gasteiger partial charge on any atom is -0.371 e. The highest BCUT2D eigenvalue weighted by molar-refractivity contribution is 6.03. The molecule has 1 aromatic rings. The van der Waals surface area contributed by atoms with E-state index in [0.29, 0.717) is 0 Å². The van der Waals surface area contributed by atoms with Gasteiger partial charge in [0.25, 0.3) is 0 Å². The number of hydrogen-bond acceptors (Lipinski definition) is 3. The van der Waals surface area contributed by atoms with Crippen LogP contribution in [0.15, 0.2) is 30.4 Å². The molecule has 0 radical (unpaired) electrons. The Morgan fingerprint density at radius 3 is 2.89 bits per heavy atom. The van der Waals surface area contributed by atoms with Crippen LogP contribution in [0.2, 0.25) is 0 Å². The van der Waals surface area contributed by atoms with Crippen molar-refractivity contribution in [2.24, 2.45) is 0 Å². The molecule has 1 unspecified atom stereocenters. The Hall–Kier alpha value is -1.81. The van der Waals surface area contributed by atoms with E-state index in [1.807, 2.05) is 32.2 Å². The zero-order valence-electron chi connectivity index (χ0n) is 11.1. The lowest BCUT2D eigenvalue weighted by Gasteiger charge is -2.20. The van der Waals surface area contributed by atoms with Crippen molar-refractivity contribution in [3.8, 4) is 0 Å². The van der Waals surface area contributed by atoms with Crippen molar-refractivity contribution < 1.29 is 4.79 Å². The Morgan fingerprint density at radius 2 is 2.28 bits per heavy atom. The van der Waals surface area contributed by atoms with Gasteiger partial charge in [0.05, 0.1) is 0 Å². The highest BCUT2D eigenvalue weighted by atomic mass is 16.2. The molecule has 1 aliphatic heterocycles. The van der Waals surface area contributed by atoms with Crippen LogP contribution in [-0.4, -0.2) is 26.5 Å². The summed E-state index contributed by atoms with van der Waals surface area (Å²) in [6, 6.07) is 5.80. The second-order valence-corrected chi connectivity index (χ2v) is 4.80. The second-order valence-electron chi connectivity index (χ2n) is 4.80. The van der Waals surface area contributed by atoms with Gasteiger partial charge in [-0.1, -0.05) is 18.2 Å². The summed E-state index contributed by atoms with van der Waals surface area (Å²) in [5.41, 5.74) is 4.09. The van der Waals surface area contributed by atoms with Gasteiger partial charge in [0.2, 0.25) is 5.91 Å². The number of rotatable bonds is 4. The monoisotopic (exact) mass is 245 g/mol. The molecule has 0 saturated heterocycles. The summed E-state index contributed by atoms with van der Waals surface area (Å²) >= 11 is 0. The predicted molar refractivity (Wildman–Crippen MR) is 75.0 cm³/mol. The number of anilines is 2. The normalized spacial score (nSPS) is 17.3. The zero-order chi connectivity index (χ0) is 13.3. The molecule has 96 valence electrons. The van der Waals surface area contributed by atoms with Crippen LogP contribution in [0.4, 0.5) is 11.4 Å². The first-order chi connectivity index (χ1) is 8.52. The van der Waals surface area contributed by atoms with Gasteiger partial charge in [0.1, 0.15) is 6.04 Å². The number of carbonyl (C=O) groups is 1. The summed E-state index contributed by atoms with van der Waals surface area (Å²) in [7, 11) is 3.81. The molecule has 0 fully saturated rings. The average Bonchev–Trinajstić information content (AvgIpc) is 2.62. The molecule has 2 N–H and O–H groups in total. The molecule has 2 rings (SSSR count). The topological polar surface area (TPSA) is 44.4 Å². The number of likely N-dealkylation sites (N-methyl/N-ethyl adjacent to an activating group) is 2. The molecule has 0 aromatic heterocycles. The van der Waals surface area contributed by atoms with Crippen molar-refractivity contribution in [3.63, 3.8) is 0 Å². The SMILES string of the molecule is C=C(C)CN(C)c1ccc2c(c1)NC(=O)C2NC. The Morgan fingerprint density at radius 1 is 1.56 bits per heavy atom. The molecule has 4 nitrogen and oxygen atoms in total. The predicted octanol–water partition coefficient (Wildman–Crippen LogP) is 1.91. The Balaban J connectivity index is 2.27. The van der Waals surface area contributed by atoms with E-state index in [1.54, 1.807) is 7.05 Å². The quantitative estimate of drug-likeness (QED) is 0.796. The Labute approximate surface area is 108 Å². The van der Waals surface area contributed by atoms with E-state index in [1.165, 1.54) is 0 Å². The third-order valence-corrected chi connectivity index (χ3v) is 3.10. The fourth-order valence-corrected chi connectivity index (χ4v) is 2.27. The van der Waals surface area contributed by atoms with Crippen molar-refractivity contribution in [1.82, 2.24) is 5.32 Å². The Kier molecular flexibility index (Phi) is 3.39. The third-order valence-electron chi connectivity index (χ3n) is 3.10. The van der Waals surface area contributed by atoms with Gasteiger partial charge in [0, 0.05) is 30.5 Å². The first kappa shape index (κ1) is 12.6. The van der Waals surface area contributed by atoms with Gasteiger partial charge in [-0.3, -0.25) is 4.79 Å². The number of benzene rings is 1. The number of amides is 1. The molecular formula is C14H19N3O. The number of hydrogen-bond donors (Lipinski definition) is 2. The van der Waals surface area contributed by atoms with E-state index in [4.69, 9.17) is 0 Å². The lowest BCUT2D eigenvalue weighted by molar-refractivity contribution is -0.117. The minimum atomic E-state index is -0.236. The van der Waals surface area contributed by atoms with Gasteiger partial charge >= 0.3 is 0 Å². The molecule has 1 amide bonds. The van der Waals surface area contributed by atoms with E-state index in [2.05, 4.69) is 22.1 Å². The van der Waals surface area contributed by atoms with Gasteiger partial charge in [0.15, 0.2) is 0 Å². The maximum Gasteiger partial charge on any atom is 0.246 e. The zero-order valence-corrected chi connectivity index (χ0v) is 11.1. The summed E-state index contributed by atoms with van der Waals surface area (Å²) in [5.74, 6) is 0.00667. The first-order valence-corrected chi connectivity index (χ1v) is 6.00. The van der Waals surface area contributed by atoms with Gasteiger partial charge in [-0.05, 0) is 26.1 Å². The van der Waals surface area contributed by atoms with Crippen molar-refractivity contribution in [2.75, 3.05) is 30.9 Å². The van der Waals surface area contributed by atoms with Gasteiger partial charge in [-0.2, -0.15) is 0 Å². The van der Waals surface area contributed by atoms with Crippen LogP contribution in [0.5, 0.6) is 0 Å². The average molecular weight is 245 g/mol. The highest BCUT2D eigenvalue weighted by Crippen LogP contribution is 2.33. The van der Waals surface area contributed by atoms with Crippen LogP contribution >= 0.6 is 0 Å². The number of carbonyl (C=O) groups excluding carboxylic acids is 1. The molecule has 0 spiro atoms. The molecule has 0 aliphatic carbocycles.